The van der Waals surface area contributed by atoms with Gasteiger partial charge in [-0.05, 0) is 25.3 Å². The van der Waals surface area contributed by atoms with Crippen molar-refractivity contribution >= 4 is 5.97 Å². The third kappa shape index (κ3) is 1.61. The summed E-state index contributed by atoms with van der Waals surface area (Å²) in [5.41, 5.74) is 6.75. The van der Waals surface area contributed by atoms with Gasteiger partial charge in [0.05, 0.1) is 13.3 Å². The van der Waals surface area contributed by atoms with Crippen LogP contribution in [0.25, 0.3) is 0 Å². The van der Waals surface area contributed by atoms with Gasteiger partial charge in [-0.3, -0.25) is 9.48 Å². The van der Waals surface area contributed by atoms with Crippen molar-refractivity contribution in [3.63, 3.8) is 0 Å². The molecule has 1 aliphatic rings. The number of hydrogen-bond acceptors (Lipinski definition) is 4. The Bertz CT molecular complexity index is 396. The lowest BCUT2D eigenvalue weighted by atomic mass is 9.91. The van der Waals surface area contributed by atoms with E-state index in [1.807, 2.05) is 17.8 Å². The van der Waals surface area contributed by atoms with E-state index in [4.69, 9.17) is 10.5 Å². The van der Waals surface area contributed by atoms with Gasteiger partial charge in [-0.25, -0.2) is 0 Å². The molecule has 0 aliphatic heterocycles. The Labute approximate surface area is 94.6 Å². The molecule has 0 aromatic carbocycles. The average Bonchev–Trinajstić information content (AvgIpc) is 2.98. The van der Waals surface area contributed by atoms with Crippen molar-refractivity contribution < 1.29 is 9.53 Å². The lowest BCUT2D eigenvalue weighted by molar-refractivity contribution is -0.143. The second kappa shape index (κ2) is 3.90. The molecule has 1 heterocycles. The van der Waals surface area contributed by atoms with Crippen LogP contribution >= 0.6 is 0 Å². The summed E-state index contributed by atoms with van der Waals surface area (Å²) in [6.45, 7) is 2.85. The van der Waals surface area contributed by atoms with Gasteiger partial charge in [-0.15, -0.1) is 0 Å². The van der Waals surface area contributed by atoms with E-state index in [0.717, 1.165) is 24.9 Å². The molecule has 16 heavy (non-hydrogen) atoms. The van der Waals surface area contributed by atoms with E-state index in [9.17, 15) is 4.79 Å². The summed E-state index contributed by atoms with van der Waals surface area (Å²) in [7, 11) is 1.37. The first-order chi connectivity index (χ1) is 7.64. The van der Waals surface area contributed by atoms with Gasteiger partial charge in [0.2, 0.25) is 0 Å². The summed E-state index contributed by atoms with van der Waals surface area (Å²) in [5, 5.41) is 4.22. The molecule has 5 heteroatoms. The fraction of sp³-hybridized carbons (Fsp3) is 0.636. The van der Waals surface area contributed by atoms with Crippen LogP contribution < -0.4 is 5.73 Å². The van der Waals surface area contributed by atoms with E-state index in [0.29, 0.717) is 0 Å². The van der Waals surface area contributed by atoms with Crippen molar-refractivity contribution in [2.75, 3.05) is 7.11 Å². The zero-order valence-corrected chi connectivity index (χ0v) is 9.64. The zero-order valence-electron chi connectivity index (χ0n) is 9.64. The Morgan fingerprint density at radius 1 is 1.75 bits per heavy atom. The van der Waals surface area contributed by atoms with E-state index in [2.05, 4.69) is 5.10 Å². The average molecular weight is 223 g/mol. The predicted octanol–water partition coefficient (Wildman–Crippen LogP) is 0.435. The Hall–Kier alpha value is -1.36. The number of methoxy groups -OCH3 is 1. The molecule has 1 fully saturated rings. The largest absolute Gasteiger partial charge is 0.468 e. The van der Waals surface area contributed by atoms with E-state index < -0.39 is 6.04 Å². The molecule has 0 saturated heterocycles. The monoisotopic (exact) mass is 223 g/mol. The molecule has 2 rings (SSSR count). The number of carbonyl (C=O) groups excluding carboxylic acids is 1. The molecular formula is C11H17N3O2. The van der Waals surface area contributed by atoms with Gasteiger partial charge in [0.25, 0.3) is 0 Å². The molecule has 0 radical (unpaired) electrons. The Morgan fingerprint density at radius 2 is 2.44 bits per heavy atom. The number of esters is 1. The highest BCUT2D eigenvalue weighted by atomic mass is 16.5. The summed E-state index contributed by atoms with van der Waals surface area (Å²) in [6.07, 6.45) is 5.63. The molecule has 1 unspecified atom stereocenters. The standard InChI is InChI=1S/C11H17N3O2/c1-3-14-7-8(6-13-14)11(4-5-11)9(12)10(15)16-2/h6-7,9H,3-5,12H2,1-2H3. The highest BCUT2D eigenvalue weighted by Gasteiger charge is 2.53. The first-order valence-electron chi connectivity index (χ1n) is 5.50. The van der Waals surface area contributed by atoms with E-state index in [-0.39, 0.29) is 11.4 Å². The molecule has 5 nitrogen and oxygen atoms in total. The lowest BCUT2D eigenvalue weighted by Gasteiger charge is -2.19. The highest BCUT2D eigenvalue weighted by Crippen LogP contribution is 2.50. The maximum absolute atomic E-state index is 11.5. The van der Waals surface area contributed by atoms with Crippen LogP contribution in [0, 0.1) is 0 Å². The van der Waals surface area contributed by atoms with Gasteiger partial charge in [0, 0.05) is 18.2 Å². The van der Waals surface area contributed by atoms with Crippen LogP contribution in [-0.2, 0) is 21.5 Å². The molecule has 2 N–H and O–H groups in total. The molecule has 1 atom stereocenters. The maximum atomic E-state index is 11.5. The minimum absolute atomic E-state index is 0.236. The number of ether oxygens (including phenoxy) is 1. The van der Waals surface area contributed by atoms with Crippen LogP contribution in [0.1, 0.15) is 25.3 Å². The Balaban J connectivity index is 2.22. The first-order valence-corrected chi connectivity index (χ1v) is 5.50. The van der Waals surface area contributed by atoms with Crippen molar-refractivity contribution in [1.82, 2.24) is 9.78 Å². The molecule has 1 aromatic heterocycles. The van der Waals surface area contributed by atoms with Crippen molar-refractivity contribution in [1.29, 1.82) is 0 Å². The van der Waals surface area contributed by atoms with Crippen molar-refractivity contribution in [3.05, 3.63) is 18.0 Å². The number of nitrogens with zero attached hydrogens (tertiary/aromatic N) is 2. The molecule has 0 amide bonds. The molecule has 1 saturated carbocycles. The van der Waals surface area contributed by atoms with Crippen LogP contribution in [0.5, 0.6) is 0 Å². The quantitative estimate of drug-likeness (QED) is 0.752. The van der Waals surface area contributed by atoms with Crippen LogP contribution in [0.4, 0.5) is 0 Å². The number of aryl methyl sites for hydroxylation is 1. The minimum Gasteiger partial charge on any atom is -0.468 e. The SMILES string of the molecule is CCn1cc(C2(C(N)C(=O)OC)CC2)cn1. The fourth-order valence-electron chi connectivity index (χ4n) is 2.06. The Morgan fingerprint density at radius 3 is 2.88 bits per heavy atom. The van der Waals surface area contributed by atoms with E-state index >= 15 is 0 Å². The molecule has 1 aromatic rings. The van der Waals surface area contributed by atoms with Gasteiger partial charge < -0.3 is 10.5 Å². The Kier molecular flexibility index (Phi) is 2.71. The molecule has 1 aliphatic carbocycles. The summed E-state index contributed by atoms with van der Waals surface area (Å²) >= 11 is 0. The van der Waals surface area contributed by atoms with Crippen molar-refractivity contribution in [2.24, 2.45) is 5.73 Å². The minimum atomic E-state index is -0.577. The smallest absolute Gasteiger partial charge is 0.323 e. The number of hydrogen-bond donors (Lipinski definition) is 1. The second-order valence-electron chi connectivity index (χ2n) is 4.24. The number of carbonyl (C=O) groups is 1. The predicted molar refractivity (Wildman–Crippen MR) is 58.8 cm³/mol. The fourth-order valence-corrected chi connectivity index (χ4v) is 2.06. The van der Waals surface area contributed by atoms with Gasteiger partial charge >= 0.3 is 5.97 Å². The van der Waals surface area contributed by atoms with Crippen molar-refractivity contribution in [3.8, 4) is 0 Å². The van der Waals surface area contributed by atoms with E-state index in [1.54, 1.807) is 6.20 Å². The van der Waals surface area contributed by atoms with E-state index in [1.165, 1.54) is 7.11 Å². The summed E-state index contributed by atoms with van der Waals surface area (Å²) < 4.78 is 6.55. The lowest BCUT2D eigenvalue weighted by Crippen LogP contribution is -2.42. The summed E-state index contributed by atoms with van der Waals surface area (Å²) in [6, 6.07) is -0.577. The molecular weight excluding hydrogens is 206 g/mol. The van der Waals surface area contributed by atoms with Crippen LogP contribution in [0.2, 0.25) is 0 Å². The molecule has 0 spiro atoms. The van der Waals surface area contributed by atoms with Gasteiger partial charge in [0.15, 0.2) is 0 Å². The maximum Gasteiger partial charge on any atom is 0.323 e. The summed E-state index contributed by atoms with van der Waals surface area (Å²) in [4.78, 5) is 11.5. The van der Waals surface area contributed by atoms with Crippen LogP contribution in [0.3, 0.4) is 0 Å². The van der Waals surface area contributed by atoms with Gasteiger partial charge in [-0.2, -0.15) is 5.10 Å². The topological polar surface area (TPSA) is 70.1 Å². The van der Waals surface area contributed by atoms with Gasteiger partial charge in [-0.1, -0.05) is 0 Å². The number of aromatic nitrogens is 2. The number of rotatable bonds is 4. The van der Waals surface area contributed by atoms with Crippen LogP contribution in [0.15, 0.2) is 12.4 Å². The summed E-state index contributed by atoms with van der Waals surface area (Å²) in [5.74, 6) is -0.346. The zero-order chi connectivity index (χ0) is 11.8. The number of nitrogens with two attached hydrogens (primary N) is 1. The molecule has 0 bridgehead atoms. The third-order valence-corrected chi connectivity index (χ3v) is 3.37. The van der Waals surface area contributed by atoms with Gasteiger partial charge in [0.1, 0.15) is 6.04 Å². The third-order valence-electron chi connectivity index (χ3n) is 3.37. The highest BCUT2D eigenvalue weighted by molar-refractivity contribution is 5.78. The second-order valence-corrected chi connectivity index (χ2v) is 4.24. The molecule has 88 valence electrons. The van der Waals surface area contributed by atoms with Crippen molar-refractivity contribution in [2.45, 2.75) is 37.8 Å². The van der Waals surface area contributed by atoms with Crippen LogP contribution in [-0.4, -0.2) is 28.9 Å². The normalized spacial score (nSPS) is 19.2. The first kappa shape index (κ1) is 11.1.